The summed E-state index contributed by atoms with van der Waals surface area (Å²) < 4.78 is 0. The van der Waals surface area contributed by atoms with Crippen LogP contribution in [0.2, 0.25) is 0 Å². The molecule has 1 atom stereocenters. The Hall–Kier alpha value is -1.55. The van der Waals surface area contributed by atoms with Gasteiger partial charge in [0, 0.05) is 12.8 Å². The van der Waals surface area contributed by atoms with Crippen LogP contribution < -0.4 is 0 Å². The third kappa shape index (κ3) is 8.92. The van der Waals surface area contributed by atoms with Crippen LogP contribution in [0.1, 0.15) is 77.6 Å². The predicted octanol–water partition coefficient (Wildman–Crippen LogP) is 5.87. The Bertz CT molecular complexity index is 449. The van der Waals surface area contributed by atoms with E-state index in [0.29, 0.717) is 24.5 Å². The molecule has 4 nitrogen and oxygen atoms in total. The molecule has 0 amide bonds. The lowest BCUT2D eigenvalue weighted by atomic mass is 9.97. The van der Waals surface area contributed by atoms with Crippen LogP contribution in [-0.2, 0) is 9.68 Å². The first-order valence-corrected chi connectivity index (χ1v) is 9.25. The number of carbonyl (C=O) groups excluding carboxylic acids is 1. The number of hydrogen-bond acceptors (Lipinski definition) is 4. The molecule has 24 heavy (non-hydrogen) atoms. The zero-order chi connectivity index (χ0) is 17.6. The van der Waals surface area contributed by atoms with Gasteiger partial charge in [0.15, 0.2) is 0 Å². The van der Waals surface area contributed by atoms with Crippen molar-refractivity contribution in [2.45, 2.75) is 77.6 Å². The number of carbonyl (C=O) groups is 1. The number of rotatable bonds is 12. The van der Waals surface area contributed by atoms with Crippen molar-refractivity contribution in [3.8, 4) is 0 Å². The number of unbranched alkanes of at least 4 members (excludes halogenated alkanes) is 4. The molecule has 0 heterocycles. The largest absolute Gasteiger partial charge is 0.513 e. The molecular weight excluding hydrogens is 304 g/mol. The minimum absolute atomic E-state index is 0.112. The van der Waals surface area contributed by atoms with Crippen LogP contribution in [0.3, 0.4) is 0 Å². The highest BCUT2D eigenvalue weighted by molar-refractivity contribution is 5.68. The fraction of sp³-hybridized carbons (Fsp3) is 0.650. The highest BCUT2D eigenvalue weighted by atomic mass is 17.1. The number of allylic oxidation sites excluding steroid dienone is 6. The molecule has 0 saturated heterocycles. The van der Waals surface area contributed by atoms with Gasteiger partial charge in [0.1, 0.15) is 0 Å². The third-order valence-corrected chi connectivity index (χ3v) is 4.44. The summed E-state index contributed by atoms with van der Waals surface area (Å²) >= 11 is 0. The quantitative estimate of drug-likeness (QED) is 0.154. The standard InChI is InChI=1S/C20H32O4/c1-2-3-4-5-6-7-10-17-11-8-12-18(17)15-16-19(21)13-9-14-20(22)24-23/h7,10,12,16-17,21,23H,2-6,8-9,11,13-15H2,1H3/b10-7+,19-16-/t17-/m0/s1. The highest BCUT2D eigenvalue weighted by Crippen LogP contribution is 2.30. The molecule has 0 aromatic rings. The Morgan fingerprint density at radius 2 is 2.12 bits per heavy atom. The Morgan fingerprint density at radius 3 is 2.88 bits per heavy atom. The van der Waals surface area contributed by atoms with Gasteiger partial charge in [-0.1, -0.05) is 50.0 Å². The summed E-state index contributed by atoms with van der Waals surface area (Å²) in [4.78, 5) is 14.4. The average molecular weight is 336 g/mol. The van der Waals surface area contributed by atoms with E-state index in [9.17, 15) is 9.90 Å². The second-order valence-electron chi connectivity index (χ2n) is 6.46. The lowest BCUT2D eigenvalue weighted by molar-refractivity contribution is -0.234. The van der Waals surface area contributed by atoms with Crippen molar-refractivity contribution in [3.63, 3.8) is 0 Å². The maximum Gasteiger partial charge on any atom is 0.342 e. The van der Waals surface area contributed by atoms with Crippen molar-refractivity contribution in [3.05, 3.63) is 35.6 Å². The lowest BCUT2D eigenvalue weighted by Gasteiger charge is -2.09. The Labute approximate surface area is 145 Å². The van der Waals surface area contributed by atoms with E-state index in [1.807, 2.05) is 6.08 Å². The van der Waals surface area contributed by atoms with Crippen LogP contribution in [0.5, 0.6) is 0 Å². The van der Waals surface area contributed by atoms with Gasteiger partial charge in [-0.25, -0.2) is 4.79 Å². The molecule has 0 fully saturated rings. The summed E-state index contributed by atoms with van der Waals surface area (Å²) in [5.41, 5.74) is 1.38. The summed E-state index contributed by atoms with van der Waals surface area (Å²) in [6.07, 6.45) is 19.1. The predicted molar refractivity (Wildman–Crippen MR) is 96.6 cm³/mol. The van der Waals surface area contributed by atoms with Crippen LogP contribution >= 0.6 is 0 Å². The molecule has 2 N–H and O–H groups in total. The Morgan fingerprint density at radius 1 is 1.29 bits per heavy atom. The van der Waals surface area contributed by atoms with E-state index < -0.39 is 5.97 Å². The van der Waals surface area contributed by atoms with Gasteiger partial charge in [0.2, 0.25) is 0 Å². The van der Waals surface area contributed by atoms with Crippen molar-refractivity contribution < 1.29 is 20.0 Å². The summed E-state index contributed by atoms with van der Waals surface area (Å²) in [5.74, 6) is 0.144. The first kappa shape index (κ1) is 20.5. The normalized spacial score (nSPS) is 18.2. The van der Waals surface area contributed by atoms with Gasteiger partial charge in [-0.2, -0.15) is 5.26 Å². The van der Waals surface area contributed by atoms with E-state index in [4.69, 9.17) is 5.26 Å². The van der Waals surface area contributed by atoms with Crippen LogP contribution in [0, 0.1) is 5.92 Å². The first-order chi connectivity index (χ1) is 11.7. The van der Waals surface area contributed by atoms with Crippen molar-refractivity contribution in [2.24, 2.45) is 5.92 Å². The van der Waals surface area contributed by atoms with Crippen molar-refractivity contribution in [1.82, 2.24) is 0 Å². The highest BCUT2D eigenvalue weighted by Gasteiger charge is 2.15. The van der Waals surface area contributed by atoms with Gasteiger partial charge in [-0.3, -0.25) is 0 Å². The van der Waals surface area contributed by atoms with Crippen molar-refractivity contribution >= 4 is 5.97 Å². The maximum absolute atomic E-state index is 10.8. The van der Waals surface area contributed by atoms with Gasteiger partial charge in [-0.05, 0) is 50.5 Å². The fourth-order valence-corrected chi connectivity index (χ4v) is 2.99. The summed E-state index contributed by atoms with van der Waals surface area (Å²) in [6.45, 7) is 2.23. The summed E-state index contributed by atoms with van der Waals surface area (Å²) in [7, 11) is 0. The maximum atomic E-state index is 10.8. The molecule has 136 valence electrons. The van der Waals surface area contributed by atoms with E-state index in [1.165, 1.54) is 31.3 Å². The second kappa shape index (κ2) is 12.8. The van der Waals surface area contributed by atoms with E-state index in [1.54, 1.807) is 0 Å². The SMILES string of the molecule is CCCCCC/C=C/[C@H]1CCC=C1C/C=C(\O)CCCC(=O)OO. The summed E-state index contributed by atoms with van der Waals surface area (Å²) in [5, 5.41) is 18.0. The van der Waals surface area contributed by atoms with Crippen molar-refractivity contribution in [1.29, 1.82) is 0 Å². The van der Waals surface area contributed by atoms with Gasteiger partial charge >= 0.3 is 5.97 Å². The topological polar surface area (TPSA) is 66.8 Å². The zero-order valence-electron chi connectivity index (χ0n) is 14.9. The minimum atomic E-state index is -0.662. The smallest absolute Gasteiger partial charge is 0.342 e. The van der Waals surface area contributed by atoms with Gasteiger partial charge in [-0.15, -0.1) is 0 Å². The van der Waals surface area contributed by atoms with E-state index in [2.05, 4.69) is 30.0 Å². The van der Waals surface area contributed by atoms with E-state index in [-0.39, 0.29) is 6.42 Å². The molecule has 1 aliphatic rings. The van der Waals surface area contributed by atoms with Gasteiger partial charge in [0.05, 0.1) is 5.76 Å². The molecule has 1 rings (SSSR count). The molecular formula is C20H32O4. The second-order valence-corrected chi connectivity index (χ2v) is 6.46. The third-order valence-electron chi connectivity index (χ3n) is 4.44. The molecule has 0 aromatic carbocycles. The minimum Gasteiger partial charge on any atom is -0.513 e. The molecule has 0 aliphatic heterocycles. The average Bonchev–Trinajstić information content (AvgIpc) is 3.03. The molecule has 0 bridgehead atoms. The monoisotopic (exact) mass is 336 g/mol. The molecule has 4 heteroatoms. The molecule has 0 saturated carbocycles. The van der Waals surface area contributed by atoms with Crippen LogP contribution in [0.25, 0.3) is 0 Å². The van der Waals surface area contributed by atoms with Crippen LogP contribution in [0.15, 0.2) is 35.6 Å². The molecule has 1 aliphatic carbocycles. The molecule has 0 unspecified atom stereocenters. The van der Waals surface area contributed by atoms with Gasteiger partial charge in [0.25, 0.3) is 0 Å². The van der Waals surface area contributed by atoms with E-state index in [0.717, 1.165) is 25.7 Å². The fourth-order valence-electron chi connectivity index (χ4n) is 2.99. The van der Waals surface area contributed by atoms with Crippen molar-refractivity contribution in [2.75, 3.05) is 0 Å². The zero-order valence-corrected chi connectivity index (χ0v) is 14.9. The van der Waals surface area contributed by atoms with Crippen LogP contribution in [-0.4, -0.2) is 16.3 Å². The summed E-state index contributed by atoms with van der Waals surface area (Å²) in [6, 6.07) is 0. The lowest BCUT2D eigenvalue weighted by Crippen LogP contribution is -2.00. The Kier molecular flexibility index (Phi) is 10.9. The van der Waals surface area contributed by atoms with E-state index >= 15 is 0 Å². The molecule has 0 radical (unpaired) electrons. The van der Waals surface area contributed by atoms with Gasteiger partial charge < -0.3 is 9.99 Å². The molecule has 0 spiro atoms. The molecule has 0 aromatic heterocycles. The first-order valence-electron chi connectivity index (χ1n) is 9.25. The number of aliphatic hydroxyl groups is 1. The Balaban J connectivity index is 2.28. The van der Waals surface area contributed by atoms with Crippen LogP contribution in [0.4, 0.5) is 0 Å². The number of aliphatic hydroxyl groups excluding tert-OH is 1. The number of hydrogen-bond donors (Lipinski definition) is 2.